The Morgan fingerprint density at radius 2 is 1.93 bits per heavy atom. The van der Waals surface area contributed by atoms with Crippen molar-refractivity contribution in [1.29, 1.82) is 0 Å². The maximum absolute atomic E-state index is 11.8. The summed E-state index contributed by atoms with van der Waals surface area (Å²) >= 11 is 0. The predicted octanol–water partition coefficient (Wildman–Crippen LogP) is 4.06. The van der Waals surface area contributed by atoms with Crippen molar-refractivity contribution < 1.29 is 4.79 Å². The lowest BCUT2D eigenvalue weighted by Gasteiger charge is -2.28. The van der Waals surface area contributed by atoms with E-state index in [0.29, 0.717) is 11.8 Å². The van der Waals surface area contributed by atoms with Crippen LogP contribution in [0.15, 0.2) is 29.3 Å². The lowest BCUT2D eigenvalue weighted by atomic mass is 9.83. The fraction of sp³-hybridized carbons (Fsp3) is 0.636. The third-order valence-corrected chi connectivity index (χ3v) is 6.26. The molecule has 1 saturated heterocycles. The summed E-state index contributed by atoms with van der Waals surface area (Å²) in [7, 11) is 1.83. The highest BCUT2D eigenvalue weighted by Gasteiger charge is 2.31. The number of amides is 1. The summed E-state index contributed by atoms with van der Waals surface area (Å²) in [6, 6.07) is 8.50. The molecule has 2 aliphatic rings. The van der Waals surface area contributed by atoms with Gasteiger partial charge in [-0.2, -0.15) is 0 Å². The van der Waals surface area contributed by atoms with Crippen LogP contribution in [0, 0.1) is 5.41 Å². The Kier molecular flexibility index (Phi) is 9.05. The molecule has 5 nitrogen and oxygen atoms in total. The molecule has 2 fully saturated rings. The van der Waals surface area contributed by atoms with Crippen LogP contribution in [0.25, 0.3) is 0 Å². The van der Waals surface area contributed by atoms with Crippen LogP contribution in [0.2, 0.25) is 0 Å². The Balaban J connectivity index is 0.00000280. The van der Waals surface area contributed by atoms with Crippen molar-refractivity contribution in [3.63, 3.8) is 0 Å². The molecule has 156 valence electrons. The van der Waals surface area contributed by atoms with Crippen molar-refractivity contribution >= 4 is 35.8 Å². The number of nitrogens with zero attached hydrogens (tertiary/aromatic N) is 2. The van der Waals surface area contributed by atoms with Crippen molar-refractivity contribution in [3.8, 4) is 0 Å². The van der Waals surface area contributed by atoms with E-state index < -0.39 is 0 Å². The van der Waals surface area contributed by atoms with E-state index in [1.54, 1.807) is 0 Å². The first-order valence-electron chi connectivity index (χ1n) is 10.4. The van der Waals surface area contributed by atoms with Crippen LogP contribution in [0.1, 0.15) is 63.0 Å². The van der Waals surface area contributed by atoms with Gasteiger partial charge < -0.3 is 15.5 Å². The fourth-order valence-electron chi connectivity index (χ4n) is 4.39. The van der Waals surface area contributed by atoms with Gasteiger partial charge in [-0.15, -0.1) is 24.0 Å². The fourth-order valence-corrected chi connectivity index (χ4v) is 4.39. The van der Waals surface area contributed by atoms with Gasteiger partial charge in [-0.05, 0) is 42.2 Å². The number of guanidine groups is 1. The Labute approximate surface area is 186 Å². The summed E-state index contributed by atoms with van der Waals surface area (Å²) in [5, 5.41) is 6.98. The summed E-state index contributed by atoms with van der Waals surface area (Å²) in [6.07, 6.45) is 8.27. The van der Waals surface area contributed by atoms with Gasteiger partial charge in [-0.25, -0.2) is 0 Å². The second-order valence-corrected chi connectivity index (χ2v) is 8.08. The lowest BCUT2D eigenvalue weighted by Crippen LogP contribution is -2.42. The number of likely N-dealkylation sites (tertiary alicyclic amines) is 1. The minimum Gasteiger partial charge on any atom is -0.356 e. The Morgan fingerprint density at radius 3 is 2.57 bits per heavy atom. The number of nitrogens with one attached hydrogen (secondary N) is 2. The molecule has 0 radical (unpaired) electrons. The number of hydrogen-bond acceptors (Lipinski definition) is 2. The van der Waals surface area contributed by atoms with Crippen LogP contribution < -0.4 is 10.6 Å². The van der Waals surface area contributed by atoms with E-state index in [2.05, 4.69) is 46.8 Å². The van der Waals surface area contributed by atoms with Crippen molar-refractivity contribution in [2.24, 2.45) is 10.4 Å². The Hall–Kier alpha value is -1.31. The van der Waals surface area contributed by atoms with E-state index in [9.17, 15) is 4.79 Å². The average molecular weight is 498 g/mol. The molecule has 1 aliphatic carbocycles. The largest absolute Gasteiger partial charge is 0.356 e. The third-order valence-electron chi connectivity index (χ3n) is 6.26. The maximum Gasteiger partial charge on any atom is 0.222 e. The second-order valence-electron chi connectivity index (χ2n) is 8.08. The molecule has 1 aromatic rings. The summed E-state index contributed by atoms with van der Waals surface area (Å²) in [5.41, 5.74) is 2.86. The zero-order chi connectivity index (χ0) is 19.1. The minimum absolute atomic E-state index is 0. The average Bonchev–Trinajstić information content (AvgIpc) is 3.32. The van der Waals surface area contributed by atoms with Crippen LogP contribution in [0.4, 0.5) is 0 Å². The van der Waals surface area contributed by atoms with E-state index in [-0.39, 0.29) is 29.9 Å². The normalized spacial score (nSPS) is 18.9. The smallest absolute Gasteiger partial charge is 0.222 e. The molecule has 1 saturated carbocycles. The van der Waals surface area contributed by atoms with E-state index in [1.807, 2.05) is 11.9 Å². The van der Waals surface area contributed by atoms with E-state index in [4.69, 9.17) is 0 Å². The van der Waals surface area contributed by atoms with Gasteiger partial charge in [-0.3, -0.25) is 9.79 Å². The number of rotatable bonds is 7. The molecular weight excluding hydrogens is 463 g/mol. The summed E-state index contributed by atoms with van der Waals surface area (Å²) in [5.74, 6) is 1.15. The SMILES string of the molecule is CCC1(CNC(=NC)NCc2cccc(CN3CCCC3=O)c2)CCCC1.I. The van der Waals surface area contributed by atoms with E-state index in [0.717, 1.165) is 38.6 Å². The number of carbonyl (C=O) groups excluding carboxylic acids is 1. The maximum atomic E-state index is 11.8. The number of benzene rings is 1. The molecule has 1 amide bonds. The molecule has 2 N–H and O–H groups in total. The summed E-state index contributed by atoms with van der Waals surface area (Å²) < 4.78 is 0. The summed E-state index contributed by atoms with van der Waals surface area (Å²) in [4.78, 5) is 18.2. The number of aliphatic imine (C=N–C) groups is 1. The molecule has 6 heteroatoms. The Bertz CT molecular complexity index is 670. The molecule has 3 rings (SSSR count). The van der Waals surface area contributed by atoms with Crippen molar-refractivity contribution in [2.45, 2.75) is 65.0 Å². The zero-order valence-electron chi connectivity index (χ0n) is 17.3. The molecule has 0 atom stereocenters. The van der Waals surface area contributed by atoms with Crippen LogP contribution in [0.3, 0.4) is 0 Å². The molecule has 28 heavy (non-hydrogen) atoms. The number of halogens is 1. The molecule has 0 aromatic heterocycles. The first-order chi connectivity index (χ1) is 13.1. The van der Waals surface area contributed by atoms with Crippen LogP contribution in [-0.4, -0.2) is 36.9 Å². The predicted molar refractivity (Wildman–Crippen MR) is 126 cm³/mol. The van der Waals surface area contributed by atoms with Gasteiger partial charge in [0.2, 0.25) is 5.91 Å². The highest BCUT2D eigenvalue weighted by Crippen LogP contribution is 2.40. The highest BCUT2D eigenvalue weighted by molar-refractivity contribution is 14.0. The molecular formula is C22H35IN4O. The standard InChI is InChI=1S/C22H34N4O.HI/c1-3-22(11-4-5-12-22)17-25-21(23-2)24-15-18-8-6-9-19(14-18)16-26-13-7-10-20(26)27;/h6,8-9,14H,3-5,7,10-13,15-17H2,1-2H3,(H2,23,24,25);1H. The van der Waals surface area contributed by atoms with Gasteiger partial charge in [0.1, 0.15) is 0 Å². The topological polar surface area (TPSA) is 56.7 Å². The quantitative estimate of drug-likeness (QED) is 0.339. The highest BCUT2D eigenvalue weighted by atomic mass is 127. The molecule has 1 aromatic carbocycles. The van der Waals surface area contributed by atoms with Gasteiger partial charge in [-0.1, -0.05) is 44.0 Å². The van der Waals surface area contributed by atoms with Gasteiger partial charge in [0.05, 0.1) is 0 Å². The van der Waals surface area contributed by atoms with Gasteiger partial charge in [0.15, 0.2) is 5.96 Å². The van der Waals surface area contributed by atoms with E-state index in [1.165, 1.54) is 43.2 Å². The van der Waals surface area contributed by atoms with Gasteiger partial charge in [0.25, 0.3) is 0 Å². The molecule has 1 aliphatic heterocycles. The van der Waals surface area contributed by atoms with Crippen molar-refractivity contribution in [2.75, 3.05) is 20.1 Å². The van der Waals surface area contributed by atoms with Crippen LogP contribution >= 0.6 is 24.0 Å². The number of carbonyl (C=O) groups is 1. The third kappa shape index (κ3) is 6.09. The Morgan fingerprint density at radius 1 is 1.18 bits per heavy atom. The first kappa shape index (κ1) is 23.0. The van der Waals surface area contributed by atoms with Gasteiger partial charge >= 0.3 is 0 Å². The minimum atomic E-state index is 0. The molecule has 1 heterocycles. The number of hydrogen-bond donors (Lipinski definition) is 2. The molecule has 0 bridgehead atoms. The lowest BCUT2D eigenvalue weighted by molar-refractivity contribution is -0.128. The molecule has 0 spiro atoms. The molecule has 0 unspecified atom stereocenters. The first-order valence-corrected chi connectivity index (χ1v) is 10.4. The zero-order valence-corrected chi connectivity index (χ0v) is 19.6. The van der Waals surface area contributed by atoms with Crippen molar-refractivity contribution in [3.05, 3.63) is 35.4 Å². The monoisotopic (exact) mass is 498 g/mol. The summed E-state index contributed by atoms with van der Waals surface area (Å²) in [6.45, 7) is 5.65. The van der Waals surface area contributed by atoms with E-state index >= 15 is 0 Å². The second kappa shape index (κ2) is 11.0. The van der Waals surface area contributed by atoms with Crippen molar-refractivity contribution in [1.82, 2.24) is 15.5 Å². The van der Waals surface area contributed by atoms with Crippen LogP contribution in [0.5, 0.6) is 0 Å². The van der Waals surface area contributed by atoms with Crippen LogP contribution in [-0.2, 0) is 17.9 Å². The van der Waals surface area contributed by atoms with Gasteiger partial charge in [0, 0.05) is 39.6 Å².